The number of primary amides is 1. The Kier molecular flexibility index (Phi) is 32.2. The van der Waals surface area contributed by atoms with Gasteiger partial charge in [0.2, 0.25) is 49.2 Å². The number of piperidine rings is 1. The Balaban J connectivity index is 0.000000148. The molecular weight excluding hydrogens is 1890 g/mol. The van der Waals surface area contributed by atoms with Crippen LogP contribution in [-0.4, -0.2) is 167 Å². The number of aromatic nitrogens is 8. The number of benzene rings is 6. The number of sulfone groups is 1. The summed E-state index contributed by atoms with van der Waals surface area (Å²) in [5, 5.41) is 22.5. The molecule has 6 aromatic carbocycles. The number of halogens is 13. The second kappa shape index (κ2) is 43.5. The van der Waals surface area contributed by atoms with E-state index in [1.807, 2.05) is 21.9 Å². The molecule has 0 radical (unpaired) electrons. The van der Waals surface area contributed by atoms with Crippen molar-refractivity contribution in [2.75, 3.05) is 84.8 Å². The molecule has 6 heterocycles. The topological polar surface area (TPSA) is 354 Å². The van der Waals surface area contributed by atoms with Gasteiger partial charge in [0.1, 0.15) is 31.1 Å². The maximum Gasteiger partial charge on any atom is 0.573 e. The number of hydrogen-bond donors (Lipinski definition) is 7. The van der Waals surface area contributed by atoms with Crippen molar-refractivity contribution in [3.8, 4) is 5.75 Å². The molecule has 2 aliphatic heterocycles. The minimum Gasteiger partial charge on any atom is -0.406 e. The highest BCUT2D eigenvalue weighted by atomic mass is 32.2. The van der Waals surface area contributed by atoms with Gasteiger partial charge in [-0.1, -0.05) is 121 Å². The largest absolute Gasteiger partial charge is 0.573 e. The molecule has 0 unspecified atom stereocenters. The molecule has 746 valence electrons. The molecule has 4 aromatic heterocycles. The number of ether oxygens (including phenoxy) is 1. The average molecular weight is 2000 g/mol. The molecule has 7 aliphatic rings. The molecule has 8 N–H and O–H groups in total. The summed E-state index contributed by atoms with van der Waals surface area (Å²) in [5.41, 5.74) is 9.14. The van der Waals surface area contributed by atoms with E-state index < -0.39 is 88.8 Å². The smallest absolute Gasteiger partial charge is 0.406 e. The predicted octanol–water partition coefficient (Wildman–Crippen LogP) is 16.5. The maximum absolute atomic E-state index is 15.5. The SMILES string of the molecule is CC(F)(F)c1ccc(CN(c2ncnc(NCC3(O)CCS(=O)(=O)CC3)c2F)C2CC2)cc1.CC(F)(F)c1ccc(CN(c2ncnc(NCC3CCN(S(C)(=O)=O)CC3)c2F)C2CC2)cc1.CC(F)(F)c1ccc(CN(c2ncnc(NCc3ccc(S(=O)(=O)NC4CC4)cc3)c2F)C2CC2)cc1.NC(=O)Cc1ccc(CNc2ncnc(N(Cc3ccc(OC(F)(F)F)cc3)C3CC3)c2F)cc1. The zero-order chi connectivity index (χ0) is 99.6. The van der Waals surface area contributed by atoms with Crippen molar-refractivity contribution in [3.63, 3.8) is 0 Å². The number of amides is 1. The quantitative estimate of drug-likeness (QED) is 0.0177. The molecule has 1 amide bonds. The Bertz CT molecular complexity index is 6210. The molecule has 2 saturated heterocycles. The first-order chi connectivity index (χ1) is 65.8. The number of hydrogen-bond acceptors (Lipinski definition) is 25. The van der Waals surface area contributed by atoms with E-state index in [0.717, 1.165) is 118 Å². The van der Waals surface area contributed by atoms with Crippen LogP contribution in [0.5, 0.6) is 5.75 Å². The molecule has 0 bridgehead atoms. The number of anilines is 8. The normalized spacial score (nSPS) is 16.8. The zero-order valence-electron chi connectivity index (χ0n) is 76.5. The van der Waals surface area contributed by atoms with Gasteiger partial charge in [-0.2, -0.15) is 17.6 Å². The number of carbonyl (C=O) groups is 1. The summed E-state index contributed by atoms with van der Waals surface area (Å²) < 4.78 is 259. The van der Waals surface area contributed by atoms with Crippen LogP contribution in [0.1, 0.15) is 166 Å². The van der Waals surface area contributed by atoms with E-state index in [2.05, 4.69) is 70.6 Å². The Morgan fingerprint density at radius 2 is 0.770 bits per heavy atom. The van der Waals surface area contributed by atoms with Crippen molar-refractivity contribution in [3.05, 3.63) is 250 Å². The number of alkyl halides is 9. The minimum atomic E-state index is -4.76. The van der Waals surface area contributed by atoms with E-state index in [1.165, 1.54) is 109 Å². The Labute approximate surface area is 797 Å². The third-order valence-corrected chi connectivity index (χ3v) is 29.0. The second-order valence-corrected chi connectivity index (χ2v) is 42.2. The van der Waals surface area contributed by atoms with Crippen LogP contribution < -0.4 is 56.1 Å². The van der Waals surface area contributed by atoms with Gasteiger partial charge in [0, 0.05) is 133 Å². The monoisotopic (exact) mass is 2000 g/mol. The second-order valence-electron chi connectivity index (χ2n) is 36.2. The Morgan fingerprint density at radius 3 is 1.09 bits per heavy atom. The molecular formula is C95H108F13N19O9S3. The van der Waals surface area contributed by atoms with Gasteiger partial charge in [0.25, 0.3) is 17.8 Å². The van der Waals surface area contributed by atoms with Gasteiger partial charge in [-0.3, -0.25) is 4.79 Å². The van der Waals surface area contributed by atoms with Crippen molar-refractivity contribution in [1.29, 1.82) is 0 Å². The number of nitrogens with two attached hydrogens (primary N) is 1. The fourth-order valence-corrected chi connectivity index (χ4v) is 19.5. The molecule has 5 saturated carbocycles. The molecule has 17 rings (SSSR count). The Morgan fingerprint density at radius 1 is 0.453 bits per heavy atom. The van der Waals surface area contributed by atoms with Crippen molar-refractivity contribution >= 4 is 82.3 Å². The van der Waals surface area contributed by atoms with Gasteiger partial charge < -0.3 is 56.4 Å². The highest BCUT2D eigenvalue weighted by Crippen LogP contribution is 2.42. The van der Waals surface area contributed by atoms with Gasteiger partial charge >= 0.3 is 6.36 Å². The molecule has 139 heavy (non-hydrogen) atoms. The van der Waals surface area contributed by atoms with E-state index in [9.17, 15) is 74.7 Å². The van der Waals surface area contributed by atoms with Crippen LogP contribution in [0, 0.1) is 29.2 Å². The van der Waals surface area contributed by atoms with E-state index in [0.29, 0.717) is 64.2 Å². The lowest BCUT2D eigenvalue weighted by molar-refractivity contribution is -0.274. The summed E-state index contributed by atoms with van der Waals surface area (Å²) in [7, 11) is -9.86. The summed E-state index contributed by atoms with van der Waals surface area (Å²) in [5.74, 6) is -11.3. The van der Waals surface area contributed by atoms with Gasteiger partial charge in [0.15, 0.2) is 56.4 Å². The van der Waals surface area contributed by atoms with Crippen LogP contribution in [0.15, 0.2) is 176 Å². The van der Waals surface area contributed by atoms with Crippen LogP contribution >= 0.6 is 0 Å². The number of aliphatic hydroxyl groups is 1. The lowest BCUT2D eigenvalue weighted by Crippen LogP contribution is -2.44. The van der Waals surface area contributed by atoms with Crippen molar-refractivity contribution in [2.45, 2.75) is 221 Å². The first-order valence-electron chi connectivity index (χ1n) is 45.4. The lowest BCUT2D eigenvalue weighted by Gasteiger charge is -2.32. The summed E-state index contributed by atoms with van der Waals surface area (Å²) in [4.78, 5) is 51.2. The highest BCUT2D eigenvalue weighted by molar-refractivity contribution is 7.91. The van der Waals surface area contributed by atoms with Gasteiger partial charge in [-0.05, 0) is 159 Å². The van der Waals surface area contributed by atoms with Crippen LogP contribution in [0.25, 0.3) is 0 Å². The molecule has 44 heteroatoms. The summed E-state index contributed by atoms with van der Waals surface area (Å²) in [6.45, 7) is 5.72. The first kappa shape index (κ1) is 103. The maximum atomic E-state index is 15.5. The van der Waals surface area contributed by atoms with E-state index in [-0.39, 0.29) is 160 Å². The van der Waals surface area contributed by atoms with Crippen LogP contribution in [0.3, 0.4) is 0 Å². The lowest BCUT2D eigenvalue weighted by atomic mass is 9.97. The van der Waals surface area contributed by atoms with E-state index >= 15 is 17.6 Å². The standard InChI is InChI=1S/C26H28F3N5O2S.C24H23F4N5O2.C23H30F3N5O2S.C22H27F3N4O3S/c1-26(28,29)19-6-2-18(3-7-19)15-34(21-10-11-21)25-23(27)24(31-16-32-25)30-14-17-4-12-22(13-5-17)37(35,36)33-20-8-9-20;25-21-22(30-12-16-3-1-15(2-4-16)11-20(29)34)31-14-32-23(21)33(18-7-8-18)13-17-5-9-19(10-6-17)35-24(26,27)28;1-23(25,26)18-5-3-17(4-6-18)14-31(19-7-8-19)22-20(24)21(28-15-29-22)27-13-16-9-11-30(12-10-16)34(2,32)33;1-21(24,25)16-4-2-15(3-5-16)12-29(17-6-7-17)20-18(23)19(27-14-28-20)26-13-22(30)8-10-33(31,32)11-9-22/h2-7,12-13,16,20-21,33H,8-11,14-15H2,1H3,(H,30,31,32);1-6,9-10,14,18H,7-8,11-13H2,(H2,29,34)(H,30,31,32);3-6,15-16,19H,7-14H2,1-2H3,(H,27,28,29);2-5,14,17,30H,6-13H2,1H3,(H,26,27,28). The Hall–Kier alpha value is -11.9. The summed E-state index contributed by atoms with van der Waals surface area (Å²) in [6, 6.07) is 37.6. The number of nitrogens with zero attached hydrogens (tertiary/aromatic N) is 13. The third kappa shape index (κ3) is 29.6. The molecule has 0 spiro atoms. The minimum absolute atomic E-state index is 0.0249. The number of nitrogens with one attached hydrogen (secondary N) is 5. The zero-order valence-corrected chi connectivity index (χ0v) is 78.9. The number of carbonyl (C=O) groups excluding carboxylic acids is 1. The average Bonchev–Trinajstić information content (AvgIpc) is 1.65. The molecule has 0 atom stereocenters. The summed E-state index contributed by atoms with van der Waals surface area (Å²) >= 11 is 0. The predicted molar refractivity (Wildman–Crippen MR) is 499 cm³/mol. The third-order valence-electron chi connectivity index (χ3n) is 24.5. The van der Waals surface area contributed by atoms with Gasteiger partial charge in [0.05, 0.1) is 34.7 Å². The van der Waals surface area contributed by atoms with Crippen LogP contribution in [0.4, 0.5) is 104 Å². The molecule has 28 nitrogen and oxygen atoms in total. The first-order valence-corrected chi connectivity index (χ1v) is 50.6. The molecule has 5 aliphatic carbocycles. The molecule has 10 aromatic rings. The molecule has 7 fully saturated rings. The van der Waals surface area contributed by atoms with Crippen molar-refractivity contribution in [1.82, 2.24) is 48.9 Å². The van der Waals surface area contributed by atoms with E-state index in [1.54, 1.807) is 70.5 Å². The fraction of sp³-hybridized carbons (Fsp3) is 0.442. The van der Waals surface area contributed by atoms with Gasteiger partial charge in [-0.15, -0.1) is 13.2 Å². The highest BCUT2D eigenvalue weighted by Gasteiger charge is 2.41. The van der Waals surface area contributed by atoms with Gasteiger partial charge in [-0.25, -0.2) is 100 Å². The van der Waals surface area contributed by atoms with E-state index in [4.69, 9.17) is 5.73 Å². The summed E-state index contributed by atoms with van der Waals surface area (Å²) in [6.07, 6.45) is 12.0. The number of sulfonamides is 2. The van der Waals surface area contributed by atoms with Crippen molar-refractivity contribution in [2.24, 2.45) is 11.7 Å². The van der Waals surface area contributed by atoms with Crippen LogP contribution in [-0.2, 0) is 98.1 Å². The van der Waals surface area contributed by atoms with Crippen molar-refractivity contribution < 1.29 is 97.0 Å². The fourth-order valence-electron chi connectivity index (χ4n) is 15.7. The number of rotatable bonds is 38. The van der Waals surface area contributed by atoms with Crippen LogP contribution in [0.2, 0.25) is 0 Å².